The van der Waals surface area contributed by atoms with Crippen LogP contribution in [0.25, 0.3) is 11.0 Å². The van der Waals surface area contributed by atoms with Crippen molar-refractivity contribution in [2.45, 2.75) is 6.54 Å². The van der Waals surface area contributed by atoms with Crippen molar-refractivity contribution in [2.24, 2.45) is 5.10 Å². The molecule has 0 aliphatic rings. The summed E-state index contributed by atoms with van der Waals surface area (Å²) in [6.45, 7) is 0.321. The predicted molar refractivity (Wildman–Crippen MR) is 113 cm³/mol. The van der Waals surface area contributed by atoms with E-state index in [1.807, 2.05) is 42.5 Å². The average Bonchev–Trinajstić information content (AvgIpc) is 2.81. The summed E-state index contributed by atoms with van der Waals surface area (Å²) in [5.41, 5.74) is 3.96. The van der Waals surface area contributed by atoms with E-state index in [-0.39, 0.29) is 16.7 Å². The molecule has 2 amide bonds. The van der Waals surface area contributed by atoms with Crippen LogP contribution in [0.2, 0.25) is 0 Å². The second kappa shape index (κ2) is 9.04. The molecule has 0 saturated carbocycles. The first kappa shape index (κ1) is 20.0. The maximum absolute atomic E-state index is 13.4. The summed E-state index contributed by atoms with van der Waals surface area (Å²) in [7, 11) is 0. The molecule has 1 heterocycles. The van der Waals surface area contributed by atoms with Gasteiger partial charge in [-0.1, -0.05) is 54.6 Å². The number of halogens is 1. The van der Waals surface area contributed by atoms with Gasteiger partial charge >= 0.3 is 0 Å². The lowest BCUT2D eigenvalue weighted by molar-refractivity contribution is 0.0932. The Kier molecular flexibility index (Phi) is 5.84. The Morgan fingerprint density at radius 3 is 2.45 bits per heavy atom. The molecule has 0 unspecified atom stereocenters. The van der Waals surface area contributed by atoms with Crippen molar-refractivity contribution in [3.63, 3.8) is 0 Å². The molecule has 1 aromatic heterocycles. The zero-order valence-corrected chi connectivity index (χ0v) is 16.3. The molecule has 0 aliphatic heterocycles. The van der Waals surface area contributed by atoms with Crippen LogP contribution in [0.5, 0.6) is 0 Å². The lowest BCUT2D eigenvalue weighted by Crippen LogP contribution is -2.30. The second-order valence-corrected chi connectivity index (χ2v) is 6.73. The maximum Gasteiger partial charge on any atom is 0.271 e. The fourth-order valence-electron chi connectivity index (χ4n) is 2.98. The third-order valence-electron chi connectivity index (χ3n) is 4.54. The van der Waals surface area contributed by atoms with E-state index in [0.29, 0.717) is 17.5 Å². The van der Waals surface area contributed by atoms with E-state index >= 15 is 0 Å². The predicted octanol–water partition coefficient (Wildman–Crippen LogP) is 3.75. The molecule has 7 heteroatoms. The van der Waals surface area contributed by atoms with Crippen LogP contribution in [-0.2, 0) is 6.54 Å². The number of carbonyl (C=O) groups is 2. The monoisotopic (exact) mass is 415 g/mol. The second-order valence-electron chi connectivity index (χ2n) is 6.73. The Balaban J connectivity index is 1.65. The van der Waals surface area contributed by atoms with Gasteiger partial charge in [0.25, 0.3) is 11.8 Å². The molecule has 4 aromatic rings. The lowest BCUT2D eigenvalue weighted by atomic mass is 10.1. The summed E-state index contributed by atoms with van der Waals surface area (Å²) in [6, 6.07) is 23.5. The molecule has 0 aliphatic carbocycles. The van der Waals surface area contributed by atoms with Crippen LogP contribution in [-0.4, -0.2) is 11.8 Å². The molecule has 3 aromatic carbocycles. The minimum Gasteiger partial charge on any atom is -0.436 e. The van der Waals surface area contributed by atoms with Crippen LogP contribution in [0.3, 0.4) is 0 Å². The quantitative estimate of drug-likeness (QED) is 0.487. The molecule has 31 heavy (non-hydrogen) atoms. The van der Waals surface area contributed by atoms with Crippen molar-refractivity contribution in [1.29, 1.82) is 0 Å². The number of nitrogens with one attached hydrogen (secondary N) is 2. The van der Waals surface area contributed by atoms with Crippen LogP contribution in [0.1, 0.15) is 26.3 Å². The molecule has 0 fully saturated rings. The third-order valence-corrected chi connectivity index (χ3v) is 4.54. The molecule has 0 spiro atoms. The molecular weight excluding hydrogens is 397 g/mol. The highest BCUT2D eigenvalue weighted by Gasteiger charge is 2.13. The molecule has 0 bridgehead atoms. The zero-order valence-electron chi connectivity index (χ0n) is 16.3. The number of fused-ring (bicyclic) bond motifs is 1. The van der Waals surface area contributed by atoms with Gasteiger partial charge in [0, 0.05) is 17.5 Å². The molecule has 0 atom stereocenters. The van der Waals surface area contributed by atoms with E-state index in [4.69, 9.17) is 4.42 Å². The van der Waals surface area contributed by atoms with Crippen molar-refractivity contribution >= 4 is 22.8 Å². The van der Waals surface area contributed by atoms with Gasteiger partial charge in [-0.15, -0.1) is 5.10 Å². The molecule has 154 valence electrons. The van der Waals surface area contributed by atoms with Gasteiger partial charge in [-0.05, 0) is 35.9 Å². The standard InChI is InChI=1S/C24H18FN3O3/c25-19-11-6-10-18(13-19)22(29)27-28-24-20(14-17-9-4-5-12-21(17)31-24)23(30)26-15-16-7-2-1-3-8-16/h1-14H,15H2,(H,26,30)(H,27,29). The van der Waals surface area contributed by atoms with Crippen LogP contribution in [0.15, 0.2) is 94.4 Å². The van der Waals surface area contributed by atoms with Gasteiger partial charge in [0.1, 0.15) is 17.0 Å². The average molecular weight is 415 g/mol. The van der Waals surface area contributed by atoms with Crippen LogP contribution in [0, 0.1) is 5.82 Å². The van der Waals surface area contributed by atoms with Gasteiger partial charge < -0.3 is 9.73 Å². The van der Waals surface area contributed by atoms with E-state index in [2.05, 4.69) is 15.8 Å². The highest BCUT2D eigenvalue weighted by Crippen LogP contribution is 2.13. The number of nitrogens with zero attached hydrogens (tertiary/aromatic N) is 1. The summed E-state index contributed by atoms with van der Waals surface area (Å²) >= 11 is 0. The number of hydrogen-bond donors (Lipinski definition) is 2. The number of benzene rings is 3. The van der Waals surface area contributed by atoms with Crippen LogP contribution in [0.4, 0.5) is 4.39 Å². The Bertz CT molecular complexity index is 1320. The number of rotatable bonds is 5. The molecule has 0 saturated heterocycles. The summed E-state index contributed by atoms with van der Waals surface area (Å²) in [4.78, 5) is 25.2. The van der Waals surface area contributed by atoms with Crippen molar-refractivity contribution in [3.05, 3.63) is 113 Å². The van der Waals surface area contributed by atoms with E-state index in [1.165, 1.54) is 18.2 Å². The number of amides is 2. The van der Waals surface area contributed by atoms with Crippen LogP contribution < -0.4 is 16.3 Å². The van der Waals surface area contributed by atoms with E-state index < -0.39 is 17.6 Å². The first-order valence-corrected chi connectivity index (χ1v) is 9.55. The van der Waals surface area contributed by atoms with Gasteiger partial charge in [0.2, 0.25) is 5.55 Å². The molecular formula is C24H18FN3O3. The summed E-state index contributed by atoms with van der Waals surface area (Å²) in [6.07, 6.45) is 0. The molecule has 6 nitrogen and oxygen atoms in total. The van der Waals surface area contributed by atoms with Crippen molar-refractivity contribution in [3.8, 4) is 0 Å². The Morgan fingerprint density at radius 1 is 0.871 bits per heavy atom. The lowest BCUT2D eigenvalue weighted by Gasteiger charge is -2.07. The van der Waals surface area contributed by atoms with Gasteiger partial charge in [0.15, 0.2) is 0 Å². The van der Waals surface area contributed by atoms with Crippen molar-refractivity contribution < 1.29 is 18.4 Å². The summed E-state index contributed by atoms with van der Waals surface area (Å²) in [5.74, 6) is -1.57. The zero-order chi connectivity index (χ0) is 21.6. The number of hydrogen-bond acceptors (Lipinski definition) is 4. The first-order chi connectivity index (χ1) is 15.1. The normalized spacial score (nSPS) is 11.3. The van der Waals surface area contributed by atoms with Gasteiger partial charge in [0.05, 0.1) is 0 Å². The van der Waals surface area contributed by atoms with E-state index in [9.17, 15) is 14.0 Å². The molecule has 2 N–H and O–H groups in total. The Morgan fingerprint density at radius 2 is 1.65 bits per heavy atom. The summed E-state index contributed by atoms with van der Waals surface area (Å²) < 4.78 is 19.1. The Hall–Kier alpha value is -4.26. The number of carbonyl (C=O) groups excluding carboxylic acids is 2. The Labute approximate surface area is 177 Å². The van der Waals surface area contributed by atoms with E-state index in [0.717, 1.165) is 11.6 Å². The fourth-order valence-corrected chi connectivity index (χ4v) is 2.98. The van der Waals surface area contributed by atoms with Crippen molar-refractivity contribution in [2.75, 3.05) is 0 Å². The highest BCUT2D eigenvalue weighted by atomic mass is 19.1. The SMILES string of the molecule is O=C(NN=c1oc2ccccc2cc1C(=O)NCc1ccccc1)c1cccc(F)c1. The fraction of sp³-hybridized carbons (Fsp3) is 0.0417. The number of para-hydroxylation sites is 1. The van der Waals surface area contributed by atoms with Gasteiger partial charge in [-0.2, -0.15) is 0 Å². The molecule has 4 rings (SSSR count). The molecule has 0 radical (unpaired) electrons. The third kappa shape index (κ3) is 4.84. The smallest absolute Gasteiger partial charge is 0.271 e. The topological polar surface area (TPSA) is 83.7 Å². The summed E-state index contributed by atoms with van der Waals surface area (Å²) in [5, 5.41) is 7.53. The highest BCUT2D eigenvalue weighted by molar-refractivity contribution is 5.97. The maximum atomic E-state index is 13.4. The van der Waals surface area contributed by atoms with E-state index in [1.54, 1.807) is 18.2 Å². The van der Waals surface area contributed by atoms with Gasteiger partial charge in [-0.3, -0.25) is 9.59 Å². The minimum atomic E-state index is -0.626. The van der Waals surface area contributed by atoms with Gasteiger partial charge in [-0.25, -0.2) is 9.82 Å². The van der Waals surface area contributed by atoms with Crippen LogP contribution >= 0.6 is 0 Å². The van der Waals surface area contributed by atoms with Crippen molar-refractivity contribution in [1.82, 2.24) is 10.7 Å². The largest absolute Gasteiger partial charge is 0.436 e. The first-order valence-electron chi connectivity index (χ1n) is 9.55. The minimum absolute atomic E-state index is 0.0611.